The maximum Gasteiger partial charge on any atom is 0.416 e. The molecule has 3 aromatic carbocycles. The van der Waals surface area contributed by atoms with Crippen molar-refractivity contribution in [3.8, 4) is 5.69 Å². The van der Waals surface area contributed by atoms with E-state index in [4.69, 9.17) is 0 Å². The van der Waals surface area contributed by atoms with Crippen LogP contribution < -0.4 is 10.6 Å². The van der Waals surface area contributed by atoms with Gasteiger partial charge in [-0.25, -0.2) is 4.79 Å². The number of amides is 2. The number of hydrogen-bond donors (Lipinski definition) is 2. The molecule has 1 heterocycles. The number of aromatic nitrogens is 3. The number of halogens is 3. The van der Waals surface area contributed by atoms with Gasteiger partial charge in [0.25, 0.3) is 5.69 Å². The molecule has 0 spiro atoms. The first-order valence-corrected chi connectivity index (χ1v) is 12.2. The Hall–Kier alpha value is -4.39. The lowest BCUT2D eigenvalue weighted by Gasteiger charge is -2.17. The summed E-state index contributed by atoms with van der Waals surface area (Å²) in [4.78, 5) is 23.2. The van der Waals surface area contributed by atoms with Gasteiger partial charge in [-0.1, -0.05) is 42.1 Å². The van der Waals surface area contributed by atoms with Crippen LogP contribution in [0.5, 0.6) is 0 Å². The topological polar surface area (TPSA) is 115 Å². The second kappa shape index (κ2) is 11.3. The molecule has 1 unspecified atom stereocenters. The fourth-order valence-electron chi connectivity index (χ4n) is 3.51. The molecular weight excluding hydrogens is 521 g/mol. The molecule has 2 N–H and O–H groups in total. The second-order valence-corrected chi connectivity index (χ2v) is 9.06. The summed E-state index contributed by atoms with van der Waals surface area (Å²) in [5.74, 6) is 0.944. The quantitative estimate of drug-likeness (QED) is 0.152. The Labute approximate surface area is 219 Å². The van der Waals surface area contributed by atoms with Crippen molar-refractivity contribution >= 4 is 29.2 Å². The molecule has 0 bridgehead atoms. The smallest absolute Gasteiger partial charge is 0.328 e. The molecule has 4 aromatic rings. The minimum absolute atomic E-state index is 0.0797. The fraction of sp³-hybridized carbons (Fsp3) is 0.160. The highest BCUT2D eigenvalue weighted by Crippen LogP contribution is 2.30. The molecule has 0 radical (unpaired) electrons. The van der Waals surface area contributed by atoms with Crippen LogP contribution in [0.15, 0.2) is 84.0 Å². The lowest BCUT2D eigenvalue weighted by atomic mass is 10.2. The van der Waals surface area contributed by atoms with E-state index in [1.54, 1.807) is 23.6 Å². The molecule has 0 aliphatic heterocycles. The molecule has 38 heavy (non-hydrogen) atoms. The molecule has 0 aliphatic rings. The van der Waals surface area contributed by atoms with E-state index in [0.29, 0.717) is 22.4 Å². The molecule has 4 rings (SSSR count). The fourth-order valence-corrected chi connectivity index (χ4v) is 4.43. The molecule has 0 fully saturated rings. The van der Waals surface area contributed by atoms with Crippen LogP contribution in [-0.2, 0) is 11.9 Å². The van der Waals surface area contributed by atoms with E-state index in [0.717, 1.165) is 29.8 Å². The second-order valence-electron chi connectivity index (χ2n) is 8.12. The largest absolute Gasteiger partial charge is 0.416 e. The number of alkyl halides is 3. The van der Waals surface area contributed by atoms with Crippen LogP contribution in [0.25, 0.3) is 5.69 Å². The zero-order valence-electron chi connectivity index (χ0n) is 19.8. The van der Waals surface area contributed by atoms with Gasteiger partial charge in [-0.05, 0) is 48.9 Å². The van der Waals surface area contributed by atoms with E-state index < -0.39 is 28.7 Å². The van der Waals surface area contributed by atoms with Crippen molar-refractivity contribution in [2.45, 2.75) is 30.1 Å². The summed E-state index contributed by atoms with van der Waals surface area (Å²) in [7, 11) is 0. The van der Waals surface area contributed by atoms with Crippen LogP contribution >= 0.6 is 11.8 Å². The van der Waals surface area contributed by atoms with Crippen molar-refractivity contribution in [1.82, 2.24) is 20.1 Å². The van der Waals surface area contributed by atoms with Gasteiger partial charge < -0.3 is 10.6 Å². The zero-order valence-corrected chi connectivity index (χ0v) is 20.7. The Morgan fingerprint density at radius 3 is 2.29 bits per heavy atom. The SMILES string of the molecule is CC(NC(=O)Nc1ccc(C(F)(F)F)cc1)c1nnc(SCc2ccccc2)n1-c1ccc([N+](=O)[O-])cc1. The first-order chi connectivity index (χ1) is 18.1. The number of anilines is 1. The predicted molar refractivity (Wildman–Crippen MR) is 136 cm³/mol. The maximum absolute atomic E-state index is 12.8. The van der Waals surface area contributed by atoms with Crippen molar-refractivity contribution in [1.29, 1.82) is 0 Å². The van der Waals surface area contributed by atoms with E-state index >= 15 is 0 Å². The van der Waals surface area contributed by atoms with E-state index in [-0.39, 0.29) is 11.4 Å². The molecule has 1 atom stereocenters. The van der Waals surface area contributed by atoms with Gasteiger partial charge in [-0.2, -0.15) is 13.2 Å². The number of nitro groups is 1. The molecule has 2 amide bonds. The van der Waals surface area contributed by atoms with Gasteiger partial charge in [0.1, 0.15) is 0 Å². The maximum atomic E-state index is 12.8. The number of carbonyl (C=O) groups excluding carboxylic acids is 1. The number of nitrogens with one attached hydrogen (secondary N) is 2. The number of non-ortho nitro benzene ring substituents is 1. The summed E-state index contributed by atoms with van der Waals surface area (Å²) >= 11 is 1.40. The summed E-state index contributed by atoms with van der Waals surface area (Å²) in [6.07, 6.45) is -4.48. The van der Waals surface area contributed by atoms with E-state index in [1.807, 2.05) is 30.3 Å². The number of urea groups is 1. The number of nitro benzene ring substituents is 1. The third kappa shape index (κ3) is 6.48. The van der Waals surface area contributed by atoms with Crippen molar-refractivity contribution in [2.24, 2.45) is 0 Å². The number of nitrogens with zero attached hydrogens (tertiary/aromatic N) is 4. The van der Waals surface area contributed by atoms with Crippen LogP contribution in [0.1, 0.15) is 29.9 Å². The summed E-state index contributed by atoms with van der Waals surface area (Å²) in [6.45, 7) is 1.67. The molecular formula is C25H21F3N6O3S. The molecule has 13 heteroatoms. The van der Waals surface area contributed by atoms with Crippen LogP contribution in [0.4, 0.5) is 29.3 Å². The van der Waals surface area contributed by atoms with Crippen molar-refractivity contribution < 1.29 is 22.9 Å². The van der Waals surface area contributed by atoms with Crippen molar-refractivity contribution in [3.63, 3.8) is 0 Å². The molecule has 1 aromatic heterocycles. The highest BCUT2D eigenvalue weighted by atomic mass is 32.2. The number of carbonyl (C=O) groups is 1. The Morgan fingerprint density at radius 2 is 1.68 bits per heavy atom. The average Bonchev–Trinajstić information content (AvgIpc) is 3.32. The third-order valence-electron chi connectivity index (χ3n) is 5.39. The highest BCUT2D eigenvalue weighted by molar-refractivity contribution is 7.98. The van der Waals surface area contributed by atoms with Gasteiger partial charge in [0.05, 0.1) is 16.5 Å². The van der Waals surface area contributed by atoms with E-state index in [2.05, 4.69) is 20.8 Å². The highest BCUT2D eigenvalue weighted by Gasteiger charge is 2.30. The van der Waals surface area contributed by atoms with Gasteiger partial charge in [0.15, 0.2) is 11.0 Å². The summed E-state index contributed by atoms with van der Waals surface area (Å²) in [5, 5.41) is 25.3. The van der Waals surface area contributed by atoms with E-state index in [9.17, 15) is 28.1 Å². The average molecular weight is 543 g/mol. The zero-order chi connectivity index (χ0) is 27.3. The lowest BCUT2D eigenvalue weighted by Crippen LogP contribution is -2.32. The molecule has 0 saturated heterocycles. The van der Waals surface area contributed by atoms with Crippen molar-refractivity contribution in [2.75, 3.05) is 5.32 Å². The number of thioether (sulfide) groups is 1. The van der Waals surface area contributed by atoms with Crippen LogP contribution in [0, 0.1) is 10.1 Å². The Kier molecular flexibility index (Phi) is 7.96. The normalized spacial score (nSPS) is 12.1. The standard InChI is InChI=1S/C25H21F3N6O3S/c1-16(29-23(35)30-19-9-7-18(8-10-19)25(26,27)28)22-31-32-24(38-15-17-5-3-2-4-6-17)33(22)20-11-13-21(14-12-20)34(36)37/h2-14,16H,15H2,1H3,(H2,29,30,35). The summed E-state index contributed by atoms with van der Waals surface area (Å²) in [6, 6.07) is 18.3. The minimum Gasteiger partial charge on any atom is -0.328 e. The monoisotopic (exact) mass is 542 g/mol. The number of benzene rings is 3. The van der Waals surface area contributed by atoms with Gasteiger partial charge in [0.2, 0.25) is 0 Å². The third-order valence-corrected chi connectivity index (χ3v) is 6.39. The minimum atomic E-state index is -4.48. The molecule has 0 saturated carbocycles. The Balaban J connectivity index is 1.54. The van der Waals surface area contributed by atoms with Gasteiger partial charge in [-0.15, -0.1) is 10.2 Å². The van der Waals surface area contributed by atoms with Crippen LogP contribution in [0.2, 0.25) is 0 Å². The molecule has 196 valence electrons. The molecule has 0 aliphatic carbocycles. The number of rotatable bonds is 8. The number of hydrogen-bond acceptors (Lipinski definition) is 6. The van der Waals surface area contributed by atoms with Crippen LogP contribution in [-0.4, -0.2) is 25.7 Å². The lowest BCUT2D eigenvalue weighted by molar-refractivity contribution is -0.384. The van der Waals surface area contributed by atoms with E-state index in [1.165, 1.54) is 23.9 Å². The first-order valence-electron chi connectivity index (χ1n) is 11.2. The summed E-state index contributed by atoms with van der Waals surface area (Å²) in [5.41, 5.74) is 0.888. The van der Waals surface area contributed by atoms with Crippen molar-refractivity contribution in [3.05, 3.63) is 106 Å². The summed E-state index contributed by atoms with van der Waals surface area (Å²) < 4.78 is 40.0. The van der Waals surface area contributed by atoms with Gasteiger partial charge in [-0.3, -0.25) is 14.7 Å². The van der Waals surface area contributed by atoms with Gasteiger partial charge in [0, 0.05) is 29.3 Å². The van der Waals surface area contributed by atoms with Gasteiger partial charge >= 0.3 is 12.2 Å². The Bertz CT molecular complexity index is 1410. The Morgan fingerprint density at radius 1 is 1.03 bits per heavy atom. The van der Waals surface area contributed by atoms with Crippen LogP contribution in [0.3, 0.4) is 0 Å². The predicted octanol–water partition coefficient (Wildman–Crippen LogP) is 6.37. The first kappa shape index (κ1) is 26.7. The molecule has 9 nitrogen and oxygen atoms in total.